The van der Waals surface area contributed by atoms with Gasteiger partial charge in [-0.05, 0) is 12.1 Å². The molecule has 6 heteroatoms. The van der Waals surface area contributed by atoms with Gasteiger partial charge in [-0.15, -0.1) is 0 Å². The van der Waals surface area contributed by atoms with Crippen LogP contribution in [0.15, 0.2) is 24.3 Å². The molecule has 0 fully saturated rings. The number of fused-ring (bicyclic) bond motifs is 1. The number of nitrogens with one attached hydrogen (secondary N) is 1. The zero-order valence-corrected chi connectivity index (χ0v) is 11.7. The molecule has 20 heavy (non-hydrogen) atoms. The van der Waals surface area contributed by atoms with Crippen molar-refractivity contribution in [2.45, 2.75) is 13.0 Å². The summed E-state index contributed by atoms with van der Waals surface area (Å²) in [6.07, 6.45) is 0.779. The molecule has 5 nitrogen and oxygen atoms in total. The lowest BCUT2D eigenvalue weighted by Gasteiger charge is -2.26. The van der Waals surface area contributed by atoms with Crippen LogP contribution >= 0.6 is 11.6 Å². The van der Waals surface area contributed by atoms with E-state index >= 15 is 0 Å². The Hall–Kier alpha value is -1.85. The third kappa shape index (κ3) is 2.30. The minimum atomic E-state index is -0.0288. The molecular weight excluding hydrogens is 276 g/mol. The molecule has 3 N–H and O–H groups in total. The molecule has 104 valence electrons. The SMILES string of the molecule is NCC(=O)N1CCc2[nH]nc(-c3ccc(Cl)cc3)c2C1. The molecule has 0 saturated heterocycles. The first kappa shape index (κ1) is 13.1. The maximum atomic E-state index is 11.7. The molecule has 0 radical (unpaired) electrons. The lowest BCUT2D eigenvalue weighted by molar-refractivity contribution is -0.130. The fourth-order valence-electron chi connectivity index (χ4n) is 2.48. The van der Waals surface area contributed by atoms with Crippen molar-refractivity contribution in [1.82, 2.24) is 15.1 Å². The van der Waals surface area contributed by atoms with Gasteiger partial charge in [0.25, 0.3) is 0 Å². The molecule has 2 heterocycles. The average Bonchev–Trinajstić information content (AvgIpc) is 2.90. The Kier molecular flexibility index (Phi) is 3.46. The number of H-pyrrole nitrogens is 1. The third-order valence-corrected chi connectivity index (χ3v) is 3.83. The van der Waals surface area contributed by atoms with Gasteiger partial charge in [-0.25, -0.2) is 0 Å². The molecule has 3 rings (SSSR count). The van der Waals surface area contributed by atoms with Crippen molar-refractivity contribution in [3.8, 4) is 11.3 Å². The van der Waals surface area contributed by atoms with Gasteiger partial charge >= 0.3 is 0 Å². The van der Waals surface area contributed by atoms with Crippen LogP contribution in [0.2, 0.25) is 5.02 Å². The maximum absolute atomic E-state index is 11.7. The smallest absolute Gasteiger partial charge is 0.236 e. The fraction of sp³-hybridized carbons (Fsp3) is 0.286. The molecule has 1 aromatic heterocycles. The van der Waals surface area contributed by atoms with Gasteiger partial charge in [0.05, 0.1) is 12.2 Å². The molecule has 0 unspecified atom stereocenters. The minimum Gasteiger partial charge on any atom is -0.337 e. The van der Waals surface area contributed by atoms with Crippen LogP contribution in [0.1, 0.15) is 11.3 Å². The van der Waals surface area contributed by atoms with Gasteiger partial charge in [0.15, 0.2) is 0 Å². The number of hydrogen-bond donors (Lipinski definition) is 2. The molecule has 1 amide bonds. The molecule has 0 spiro atoms. The first-order valence-electron chi connectivity index (χ1n) is 6.49. The number of benzene rings is 1. The van der Waals surface area contributed by atoms with Crippen LogP contribution in [0.25, 0.3) is 11.3 Å². The lowest BCUT2D eigenvalue weighted by Crippen LogP contribution is -2.39. The standard InChI is InChI=1S/C14H15ClN4O/c15-10-3-1-9(2-4-10)14-11-8-19(13(20)7-16)6-5-12(11)17-18-14/h1-4H,5-8,16H2,(H,17,18). The summed E-state index contributed by atoms with van der Waals surface area (Å²) in [5, 5.41) is 8.14. The number of amides is 1. The van der Waals surface area contributed by atoms with E-state index in [2.05, 4.69) is 10.2 Å². The monoisotopic (exact) mass is 290 g/mol. The number of carbonyl (C=O) groups excluding carboxylic acids is 1. The van der Waals surface area contributed by atoms with Gasteiger partial charge < -0.3 is 10.6 Å². The molecule has 0 bridgehead atoms. The highest BCUT2D eigenvalue weighted by molar-refractivity contribution is 6.30. The summed E-state index contributed by atoms with van der Waals surface area (Å²) >= 11 is 5.90. The van der Waals surface area contributed by atoms with Crippen molar-refractivity contribution in [2.75, 3.05) is 13.1 Å². The van der Waals surface area contributed by atoms with E-state index in [-0.39, 0.29) is 12.5 Å². The van der Waals surface area contributed by atoms with Crippen molar-refractivity contribution in [1.29, 1.82) is 0 Å². The summed E-state index contributed by atoms with van der Waals surface area (Å²) in [5.41, 5.74) is 9.47. The van der Waals surface area contributed by atoms with Crippen LogP contribution in [0, 0.1) is 0 Å². The van der Waals surface area contributed by atoms with E-state index in [0.29, 0.717) is 18.1 Å². The van der Waals surface area contributed by atoms with Crippen molar-refractivity contribution < 1.29 is 4.79 Å². The van der Waals surface area contributed by atoms with Crippen LogP contribution in [-0.4, -0.2) is 34.1 Å². The van der Waals surface area contributed by atoms with Gasteiger partial charge in [-0.1, -0.05) is 23.7 Å². The Morgan fingerprint density at radius 3 is 2.85 bits per heavy atom. The molecule has 0 aliphatic carbocycles. The zero-order chi connectivity index (χ0) is 14.1. The summed E-state index contributed by atoms with van der Waals surface area (Å²) in [6.45, 7) is 1.29. The number of aromatic nitrogens is 2. The lowest BCUT2D eigenvalue weighted by atomic mass is 10.0. The van der Waals surface area contributed by atoms with Crippen molar-refractivity contribution in [2.24, 2.45) is 5.73 Å². The molecule has 0 atom stereocenters. The number of halogens is 1. The van der Waals surface area contributed by atoms with Gasteiger partial charge in [0.2, 0.25) is 5.91 Å². The molecule has 1 aromatic carbocycles. The normalized spacial score (nSPS) is 14.2. The number of nitrogens with two attached hydrogens (primary N) is 1. The van der Waals surface area contributed by atoms with Crippen molar-refractivity contribution >= 4 is 17.5 Å². The van der Waals surface area contributed by atoms with E-state index in [1.807, 2.05) is 24.3 Å². The van der Waals surface area contributed by atoms with Crippen molar-refractivity contribution in [3.63, 3.8) is 0 Å². The number of carbonyl (C=O) groups is 1. The second kappa shape index (κ2) is 5.26. The highest BCUT2D eigenvalue weighted by Gasteiger charge is 2.24. The Balaban J connectivity index is 1.94. The summed E-state index contributed by atoms with van der Waals surface area (Å²) in [4.78, 5) is 13.5. The van der Waals surface area contributed by atoms with Gasteiger partial charge in [0.1, 0.15) is 0 Å². The Morgan fingerprint density at radius 2 is 2.15 bits per heavy atom. The molecular formula is C14H15ClN4O. The molecule has 1 aliphatic heterocycles. The predicted molar refractivity (Wildman–Crippen MR) is 77.2 cm³/mol. The minimum absolute atomic E-state index is 0.0288. The summed E-state index contributed by atoms with van der Waals surface area (Å²) in [7, 11) is 0. The summed E-state index contributed by atoms with van der Waals surface area (Å²) in [6, 6.07) is 7.54. The van der Waals surface area contributed by atoms with Crippen molar-refractivity contribution in [3.05, 3.63) is 40.5 Å². The maximum Gasteiger partial charge on any atom is 0.236 e. The zero-order valence-electron chi connectivity index (χ0n) is 10.9. The average molecular weight is 291 g/mol. The number of rotatable bonds is 2. The Labute approximate surface area is 121 Å². The Morgan fingerprint density at radius 1 is 1.40 bits per heavy atom. The van der Waals surface area contributed by atoms with E-state index in [9.17, 15) is 4.79 Å². The molecule has 0 saturated carbocycles. The molecule has 2 aromatic rings. The van der Waals surface area contributed by atoms with E-state index in [1.54, 1.807) is 4.90 Å². The highest BCUT2D eigenvalue weighted by atomic mass is 35.5. The first-order chi connectivity index (χ1) is 9.69. The van der Waals surface area contributed by atoms with Gasteiger partial charge in [-0.2, -0.15) is 5.10 Å². The fourth-order valence-corrected chi connectivity index (χ4v) is 2.61. The van der Waals surface area contributed by atoms with Crippen LogP contribution in [-0.2, 0) is 17.8 Å². The van der Waals surface area contributed by atoms with E-state index in [4.69, 9.17) is 17.3 Å². The van der Waals surface area contributed by atoms with E-state index in [1.165, 1.54) is 0 Å². The van der Waals surface area contributed by atoms with E-state index in [0.717, 1.165) is 28.9 Å². The van der Waals surface area contributed by atoms with Gasteiger partial charge in [0, 0.05) is 41.4 Å². The summed E-state index contributed by atoms with van der Waals surface area (Å²) in [5.74, 6) is -0.0288. The second-order valence-electron chi connectivity index (χ2n) is 4.81. The number of aromatic amines is 1. The predicted octanol–water partition coefficient (Wildman–Crippen LogP) is 1.57. The largest absolute Gasteiger partial charge is 0.337 e. The van der Waals surface area contributed by atoms with Crippen LogP contribution in [0.4, 0.5) is 0 Å². The van der Waals surface area contributed by atoms with E-state index < -0.39 is 0 Å². The van der Waals surface area contributed by atoms with Crippen LogP contribution in [0.3, 0.4) is 0 Å². The summed E-state index contributed by atoms with van der Waals surface area (Å²) < 4.78 is 0. The highest BCUT2D eigenvalue weighted by Crippen LogP contribution is 2.29. The quantitative estimate of drug-likeness (QED) is 0.881. The number of hydrogen-bond acceptors (Lipinski definition) is 3. The van der Waals surface area contributed by atoms with Crippen LogP contribution in [0.5, 0.6) is 0 Å². The van der Waals surface area contributed by atoms with Gasteiger partial charge in [-0.3, -0.25) is 9.89 Å². The Bertz CT molecular complexity index is 635. The third-order valence-electron chi connectivity index (χ3n) is 3.58. The first-order valence-corrected chi connectivity index (χ1v) is 6.86. The molecule has 1 aliphatic rings. The topological polar surface area (TPSA) is 75.0 Å². The number of nitrogens with zero attached hydrogens (tertiary/aromatic N) is 2. The van der Waals surface area contributed by atoms with Crippen LogP contribution < -0.4 is 5.73 Å². The second-order valence-corrected chi connectivity index (χ2v) is 5.24.